The van der Waals surface area contributed by atoms with Crippen LogP contribution >= 0.6 is 15.8 Å². The van der Waals surface area contributed by atoms with E-state index in [0.717, 1.165) is 75.4 Å². The zero-order valence-electron chi connectivity index (χ0n) is 33.0. The van der Waals surface area contributed by atoms with E-state index >= 15 is 0 Å². The van der Waals surface area contributed by atoms with Crippen molar-refractivity contribution in [1.82, 2.24) is 0 Å². The second-order valence-electron chi connectivity index (χ2n) is 15.4. The van der Waals surface area contributed by atoms with E-state index < -0.39 is 79.1 Å². The minimum Gasteiger partial charge on any atom is -0.214 e. The van der Waals surface area contributed by atoms with Crippen LogP contribution in [0.2, 0.25) is 0 Å². The zero-order chi connectivity index (χ0) is 43.5. The van der Waals surface area contributed by atoms with Crippen molar-refractivity contribution in [1.29, 1.82) is 0 Å². The Hall–Kier alpha value is -3.10. The first-order valence-corrected chi connectivity index (χ1v) is 22.8. The number of rotatable bonds is 7. The molecule has 0 aliphatic heterocycles. The fraction of sp³-hybridized carbons (Fsp3) is 0.391. The predicted octanol–water partition coefficient (Wildman–Crippen LogP) is 15.6. The van der Waals surface area contributed by atoms with Crippen molar-refractivity contribution in [2.45, 2.75) is 113 Å². The summed E-state index contributed by atoms with van der Waals surface area (Å²) < 4.78 is 170. The summed E-state index contributed by atoms with van der Waals surface area (Å²) in [7, 11) is -3.48. The number of allylic oxidation sites excluding steroid dienone is 10. The van der Waals surface area contributed by atoms with E-state index in [1.54, 1.807) is 18.2 Å². The van der Waals surface area contributed by atoms with Crippen molar-refractivity contribution in [2.24, 2.45) is 0 Å². The quantitative estimate of drug-likeness (QED) is 0.0958. The molecule has 61 heavy (non-hydrogen) atoms. The minimum absolute atomic E-state index is 0. The first kappa shape index (κ1) is 48.9. The molecular weight excluding hydrogens is 898 g/mol. The summed E-state index contributed by atoms with van der Waals surface area (Å²) in [6.07, 6.45) is 2.64. The van der Waals surface area contributed by atoms with Crippen LogP contribution in [0.1, 0.15) is 93.4 Å². The van der Waals surface area contributed by atoms with Gasteiger partial charge in [0.25, 0.3) is 0 Å². The molecule has 0 saturated heterocycles. The standard InChI is InChI=1S/C41H39F12P2.C5H5.Fe/c1-25(34-16-10-17-35(34)36-15-8-9-18-37(36)55(30-11-4-2-5-12-30)31-13-6-3-7-14-31)54(32-21-26(38(42,43)44)19-27(22-32)39(45,46)47)33-23-28(40(48,49)50)20-29(24-33)41(51,52)53;1-2-4-5-3-1;/h8-10,15-25,30-31H,2-7,11-14H2,1H3;1-5H;/q2*-1;+2/b36-35-;;/t25-;;/m1../s1. The summed E-state index contributed by atoms with van der Waals surface area (Å²) in [5, 5.41) is -1.30. The van der Waals surface area contributed by atoms with E-state index in [2.05, 4.69) is 6.08 Å². The summed E-state index contributed by atoms with van der Waals surface area (Å²) in [5.74, 6) is 0. The third-order valence-electron chi connectivity index (χ3n) is 11.4. The molecule has 0 heterocycles. The molecule has 0 aromatic heterocycles. The third kappa shape index (κ3) is 12.1. The topological polar surface area (TPSA) is 0 Å². The van der Waals surface area contributed by atoms with Gasteiger partial charge in [0.05, 0.1) is 22.3 Å². The monoisotopic (exact) mass is 942 g/mol. The second kappa shape index (κ2) is 20.2. The normalized spacial score (nSPS) is 19.9. The summed E-state index contributed by atoms with van der Waals surface area (Å²) in [4.78, 5) is 0. The van der Waals surface area contributed by atoms with Crippen LogP contribution < -0.4 is 10.6 Å². The molecule has 1 atom stereocenters. The largest absolute Gasteiger partial charge is 2.00 e. The van der Waals surface area contributed by atoms with Gasteiger partial charge >= 0.3 is 41.8 Å². The minimum atomic E-state index is -5.30. The fourth-order valence-electron chi connectivity index (χ4n) is 8.59. The van der Waals surface area contributed by atoms with Gasteiger partial charge in [-0.3, -0.25) is 0 Å². The molecule has 0 radical (unpaired) electrons. The van der Waals surface area contributed by atoms with E-state index in [4.69, 9.17) is 0 Å². The van der Waals surface area contributed by atoms with Crippen LogP contribution in [-0.4, -0.2) is 17.0 Å². The van der Waals surface area contributed by atoms with Crippen LogP contribution in [0, 0.1) is 5.66 Å². The molecule has 15 heteroatoms. The molecule has 0 N–H and O–H groups in total. The summed E-state index contributed by atoms with van der Waals surface area (Å²) in [6, 6.07) is 11.5. The van der Waals surface area contributed by atoms with Gasteiger partial charge in [-0.25, -0.2) is 12.1 Å². The van der Waals surface area contributed by atoms with Crippen LogP contribution in [-0.2, 0) is 41.8 Å². The SMILES string of the molecule is C[C@H](C1=CC=C/C1=C1\C=CC=C[C-]1P(C1CCCCC1)C1CCCCC1)P(c1cc(C(F)(F)F)cc(C(F)(F)F)c1)c1cc(C(F)(F)F)cc(C(F)(F)F)c1.[Fe+2].c1cc[cH-]c1. The van der Waals surface area contributed by atoms with Crippen LogP contribution in [0.5, 0.6) is 0 Å². The van der Waals surface area contributed by atoms with Gasteiger partial charge < -0.3 is 0 Å². The smallest absolute Gasteiger partial charge is 0.214 e. The molecule has 3 aromatic rings. The maximum Gasteiger partial charge on any atom is 2.00 e. The van der Waals surface area contributed by atoms with Gasteiger partial charge in [-0.2, -0.15) is 70.9 Å². The zero-order valence-corrected chi connectivity index (χ0v) is 35.9. The van der Waals surface area contributed by atoms with E-state index in [1.165, 1.54) is 6.92 Å². The molecule has 7 rings (SSSR count). The molecule has 0 nitrogen and oxygen atoms in total. The number of benzene rings is 2. The van der Waals surface area contributed by atoms with Crippen LogP contribution in [0.15, 0.2) is 126 Å². The Morgan fingerprint density at radius 2 is 1.00 bits per heavy atom. The summed E-state index contributed by atoms with van der Waals surface area (Å²) in [6.45, 7) is 1.46. The van der Waals surface area contributed by atoms with Crippen molar-refractivity contribution in [3.63, 3.8) is 0 Å². The Balaban J connectivity index is 0.00000109. The second-order valence-corrected chi connectivity index (χ2v) is 20.7. The molecule has 0 unspecified atom stereocenters. The Kier molecular flexibility index (Phi) is 16.2. The van der Waals surface area contributed by atoms with Crippen LogP contribution in [0.25, 0.3) is 0 Å². The Bertz CT molecular complexity index is 1900. The Morgan fingerprint density at radius 3 is 1.38 bits per heavy atom. The van der Waals surface area contributed by atoms with Gasteiger partial charge in [-0.05, 0) is 91.9 Å². The van der Waals surface area contributed by atoms with Gasteiger partial charge in [0.2, 0.25) is 0 Å². The van der Waals surface area contributed by atoms with Gasteiger partial charge in [0, 0.05) is 5.66 Å². The first-order valence-electron chi connectivity index (χ1n) is 19.9. The molecular formula is C46H44F12FeP2. The predicted molar refractivity (Wildman–Crippen MR) is 217 cm³/mol. The van der Waals surface area contributed by atoms with Gasteiger partial charge in [0.15, 0.2) is 0 Å². The van der Waals surface area contributed by atoms with Gasteiger partial charge in [-0.1, -0.05) is 74.8 Å². The Labute approximate surface area is 361 Å². The molecule has 2 saturated carbocycles. The molecule has 330 valence electrons. The van der Waals surface area contributed by atoms with Crippen LogP contribution in [0.3, 0.4) is 0 Å². The van der Waals surface area contributed by atoms with Crippen molar-refractivity contribution >= 4 is 26.5 Å². The average molecular weight is 943 g/mol. The number of hydrogen-bond acceptors (Lipinski definition) is 0. The van der Waals surface area contributed by atoms with E-state index in [9.17, 15) is 52.7 Å². The van der Waals surface area contributed by atoms with Crippen molar-refractivity contribution in [3.8, 4) is 0 Å². The summed E-state index contributed by atoms with van der Waals surface area (Å²) >= 11 is 0. The van der Waals surface area contributed by atoms with Gasteiger partial charge in [0.1, 0.15) is 0 Å². The van der Waals surface area contributed by atoms with Crippen molar-refractivity contribution < 1.29 is 69.8 Å². The molecule has 3 aromatic carbocycles. The molecule has 4 aliphatic carbocycles. The average Bonchev–Trinajstić information content (AvgIpc) is 3.95. The number of alkyl halides is 12. The Morgan fingerprint density at radius 1 is 0.574 bits per heavy atom. The van der Waals surface area contributed by atoms with E-state index in [1.807, 2.05) is 48.6 Å². The van der Waals surface area contributed by atoms with E-state index in [0.29, 0.717) is 46.7 Å². The maximum atomic E-state index is 14.2. The third-order valence-corrected chi connectivity index (χ3v) is 17.6. The van der Waals surface area contributed by atoms with E-state index in [-0.39, 0.29) is 29.2 Å². The first-order chi connectivity index (χ1) is 28.2. The molecule has 0 bridgehead atoms. The number of hydrogen-bond donors (Lipinski definition) is 0. The molecule has 0 amide bonds. The number of halogens is 12. The fourth-order valence-corrected chi connectivity index (χ4v) is 15.4. The van der Waals surface area contributed by atoms with Crippen molar-refractivity contribution in [3.05, 3.63) is 154 Å². The molecule has 4 aliphatic rings. The van der Waals surface area contributed by atoms with Crippen molar-refractivity contribution in [2.75, 3.05) is 0 Å². The maximum absolute atomic E-state index is 14.2. The molecule has 0 spiro atoms. The summed E-state index contributed by atoms with van der Waals surface area (Å²) in [5.41, 5.74) is -4.08. The van der Waals surface area contributed by atoms with Crippen LogP contribution in [0.4, 0.5) is 52.7 Å². The van der Waals surface area contributed by atoms with Gasteiger partial charge in [-0.15, -0.1) is 43.5 Å². The molecule has 2 fully saturated rings.